The SMILES string of the molecule is COc1cc(C2=N[C@@](C)(c3ccc(Cl)cc3)[C@@](C)(c3ccc(Cl)cc3)N2C(=O)N2CCN(CCC[S+](C)(=O)O)CC2)c(OC)nn1. The number of ether oxygens (including phenoxy) is 2. The molecule has 2 aliphatic heterocycles. The summed E-state index contributed by atoms with van der Waals surface area (Å²) in [5.74, 6) is 1.03. The molecule has 246 valence electrons. The summed E-state index contributed by atoms with van der Waals surface area (Å²) in [5, 5.41) is 9.46. The highest BCUT2D eigenvalue weighted by Gasteiger charge is 2.60. The lowest BCUT2D eigenvalue weighted by atomic mass is 9.71. The first-order valence-electron chi connectivity index (χ1n) is 14.9. The molecule has 0 saturated carbocycles. The summed E-state index contributed by atoms with van der Waals surface area (Å²) in [5.41, 5.74) is 0.0268. The van der Waals surface area contributed by atoms with E-state index in [4.69, 9.17) is 37.7 Å². The minimum absolute atomic E-state index is 0.192. The molecule has 0 spiro atoms. The third-order valence-electron chi connectivity index (χ3n) is 8.96. The summed E-state index contributed by atoms with van der Waals surface area (Å²) in [7, 11) is 0.198. The number of methoxy groups -OCH3 is 2. The number of aliphatic imine (C=N–C) groups is 1. The van der Waals surface area contributed by atoms with Crippen molar-refractivity contribution in [3.05, 3.63) is 81.3 Å². The smallest absolute Gasteiger partial charge is 0.326 e. The Labute approximate surface area is 280 Å². The topological polar surface area (TPSA) is 121 Å². The van der Waals surface area contributed by atoms with Crippen molar-refractivity contribution in [1.29, 1.82) is 0 Å². The van der Waals surface area contributed by atoms with Crippen LogP contribution in [0.3, 0.4) is 0 Å². The lowest BCUT2D eigenvalue weighted by Crippen LogP contribution is -2.60. The fourth-order valence-corrected chi connectivity index (χ4v) is 7.12. The van der Waals surface area contributed by atoms with E-state index in [2.05, 4.69) is 15.1 Å². The molecule has 2 aliphatic rings. The van der Waals surface area contributed by atoms with E-state index in [1.807, 2.05) is 67.3 Å². The predicted molar refractivity (Wildman–Crippen MR) is 181 cm³/mol. The van der Waals surface area contributed by atoms with Gasteiger partial charge >= 0.3 is 6.03 Å². The van der Waals surface area contributed by atoms with Gasteiger partial charge < -0.3 is 14.4 Å². The number of nitrogens with zero attached hydrogens (tertiary/aromatic N) is 6. The quantitative estimate of drug-likeness (QED) is 0.296. The third kappa shape index (κ3) is 6.59. The van der Waals surface area contributed by atoms with E-state index in [-0.39, 0.29) is 23.5 Å². The van der Waals surface area contributed by atoms with Gasteiger partial charge in [0.05, 0.1) is 19.8 Å². The number of hydrogen-bond acceptors (Lipinski definition) is 8. The minimum atomic E-state index is -2.79. The van der Waals surface area contributed by atoms with Crippen LogP contribution >= 0.6 is 23.2 Å². The van der Waals surface area contributed by atoms with Gasteiger partial charge in [0.25, 0.3) is 0 Å². The van der Waals surface area contributed by atoms with E-state index in [1.165, 1.54) is 20.5 Å². The zero-order valence-electron chi connectivity index (χ0n) is 26.6. The second-order valence-corrected chi connectivity index (χ2v) is 15.1. The maximum atomic E-state index is 14.9. The van der Waals surface area contributed by atoms with Gasteiger partial charge in [0, 0.05) is 55.3 Å². The summed E-state index contributed by atoms with van der Waals surface area (Å²) >= 11 is 12.7. The molecule has 2 amide bonds. The van der Waals surface area contributed by atoms with Crippen LogP contribution in [0.15, 0.2) is 59.6 Å². The maximum Gasteiger partial charge on any atom is 0.326 e. The second-order valence-electron chi connectivity index (χ2n) is 11.9. The summed E-state index contributed by atoms with van der Waals surface area (Å²) in [6.07, 6.45) is 1.96. The molecule has 1 saturated heterocycles. The number of amides is 2. The first-order valence-corrected chi connectivity index (χ1v) is 17.7. The van der Waals surface area contributed by atoms with Crippen LogP contribution in [0.25, 0.3) is 0 Å². The number of carbonyl (C=O) groups excluding carboxylic acids is 1. The Kier molecular flexibility index (Phi) is 9.95. The summed E-state index contributed by atoms with van der Waals surface area (Å²) in [4.78, 5) is 26.1. The van der Waals surface area contributed by atoms with Crippen LogP contribution in [0.5, 0.6) is 11.8 Å². The standard InChI is InChI=1S/C32H38Cl2N6O5S/c1-31(22-7-11-24(33)12-8-22)32(2,23-9-13-25(34)14-10-23)40(28(35-31)26-21-27(44-3)36-37-29(26)45-4)30(41)39-18-16-38(17-19-39)15-6-20-46(5,42)43/h7-14,21H,6,15-20H2,1-5H3/p+1/t31-,32+/m0/s1. The summed E-state index contributed by atoms with van der Waals surface area (Å²) in [6.45, 7) is 6.87. The maximum absolute atomic E-state index is 14.9. The normalized spacial score (nSPS) is 23.2. The van der Waals surface area contributed by atoms with Gasteiger partial charge in [-0.1, -0.05) is 51.7 Å². The van der Waals surface area contributed by atoms with E-state index < -0.39 is 21.3 Å². The number of piperazine rings is 1. The highest BCUT2D eigenvalue weighted by molar-refractivity contribution is 7.97. The average Bonchev–Trinajstić information content (AvgIpc) is 3.28. The Morgan fingerprint density at radius 3 is 2.07 bits per heavy atom. The molecule has 5 rings (SSSR count). The van der Waals surface area contributed by atoms with E-state index in [9.17, 15) is 13.6 Å². The molecular weight excluding hydrogens is 651 g/mol. The Bertz CT molecular complexity index is 1650. The lowest BCUT2D eigenvalue weighted by molar-refractivity contribution is 0.0868. The fraction of sp³-hybridized carbons (Fsp3) is 0.438. The van der Waals surface area contributed by atoms with Gasteiger partial charge in [-0.05, 0) is 49.2 Å². The fourth-order valence-electron chi connectivity index (χ4n) is 6.20. The van der Waals surface area contributed by atoms with Gasteiger partial charge in [-0.2, -0.15) is 4.55 Å². The van der Waals surface area contributed by atoms with Crippen LogP contribution in [-0.4, -0.2) is 100 Å². The molecular formula is C32H39Cl2N6O5S+. The lowest BCUT2D eigenvalue weighted by Gasteiger charge is -2.47. The molecule has 1 aromatic heterocycles. The Morgan fingerprint density at radius 1 is 0.935 bits per heavy atom. The number of urea groups is 1. The van der Waals surface area contributed by atoms with Crippen molar-refractivity contribution in [1.82, 2.24) is 24.9 Å². The zero-order valence-corrected chi connectivity index (χ0v) is 28.9. The van der Waals surface area contributed by atoms with Gasteiger partial charge in [-0.15, -0.1) is 10.2 Å². The largest absolute Gasteiger partial charge is 0.480 e. The molecule has 3 heterocycles. The number of carbonyl (C=O) groups is 1. The molecule has 1 fully saturated rings. The highest BCUT2D eigenvalue weighted by Crippen LogP contribution is 2.54. The first kappa shape index (κ1) is 34.1. The van der Waals surface area contributed by atoms with E-state index in [0.717, 1.165) is 11.1 Å². The van der Waals surface area contributed by atoms with Crippen molar-refractivity contribution < 1.29 is 23.0 Å². The molecule has 11 nitrogen and oxygen atoms in total. The number of halogens is 2. The van der Waals surface area contributed by atoms with Gasteiger partial charge in [0.15, 0.2) is 0 Å². The van der Waals surface area contributed by atoms with Crippen molar-refractivity contribution in [2.24, 2.45) is 4.99 Å². The number of amidine groups is 1. The van der Waals surface area contributed by atoms with Crippen LogP contribution in [-0.2, 0) is 25.5 Å². The third-order valence-corrected chi connectivity index (χ3v) is 10.5. The second kappa shape index (κ2) is 13.4. The van der Waals surface area contributed by atoms with Crippen molar-refractivity contribution >= 4 is 45.3 Å². The molecule has 0 aliphatic carbocycles. The van der Waals surface area contributed by atoms with Gasteiger partial charge in [0.1, 0.15) is 28.9 Å². The summed E-state index contributed by atoms with van der Waals surface area (Å²) < 4.78 is 32.5. The first-order chi connectivity index (χ1) is 21.8. The summed E-state index contributed by atoms with van der Waals surface area (Å²) in [6, 6.07) is 16.4. The number of rotatable bonds is 9. The highest BCUT2D eigenvalue weighted by atomic mass is 35.5. The molecule has 46 heavy (non-hydrogen) atoms. The Hall–Kier alpha value is -3.29. The number of benzene rings is 2. The minimum Gasteiger partial charge on any atom is -0.480 e. The molecule has 0 bridgehead atoms. The van der Waals surface area contributed by atoms with Crippen LogP contribution < -0.4 is 9.47 Å². The molecule has 1 unspecified atom stereocenters. The van der Waals surface area contributed by atoms with E-state index in [0.29, 0.717) is 60.6 Å². The van der Waals surface area contributed by atoms with Crippen LogP contribution in [0, 0.1) is 0 Å². The monoisotopic (exact) mass is 689 g/mol. The van der Waals surface area contributed by atoms with Crippen molar-refractivity contribution in [3.63, 3.8) is 0 Å². The van der Waals surface area contributed by atoms with Crippen LogP contribution in [0.1, 0.15) is 37.0 Å². The zero-order chi connectivity index (χ0) is 33.3. The number of hydrogen-bond donors (Lipinski definition) is 1. The molecule has 14 heteroatoms. The van der Waals surface area contributed by atoms with Crippen molar-refractivity contribution in [3.8, 4) is 11.8 Å². The average molecular weight is 691 g/mol. The van der Waals surface area contributed by atoms with Gasteiger partial charge in [-0.3, -0.25) is 14.8 Å². The van der Waals surface area contributed by atoms with Gasteiger partial charge in [-0.25, -0.2) is 4.79 Å². The number of aromatic nitrogens is 2. The van der Waals surface area contributed by atoms with E-state index >= 15 is 0 Å². The molecule has 2 aromatic carbocycles. The predicted octanol–water partition coefficient (Wildman–Crippen LogP) is 5.42. The van der Waals surface area contributed by atoms with E-state index in [1.54, 1.807) is 11.0 Å². The Morgan fingerprint density at radius 2 is 1.52 bits per heavy atom. The van der Waals surface area contributed by atoms with Gasteiger partial charge in [0.2, 0.25) is 22.0 Å². The van der Waals surface area contributed by atoms with Crippen molar-refractivity contribution in [2.75, 3.05) is 59.0 Å². The van der Waals surface area contributed by atoms with Crippen LogP contribution in [0.2, 0.25) is 10.0 Å². The van der Waals surface area contributed by atoms with Crippen molar-refractivity contribution in [2.45, 2.75) is 31.3 Å². The molecule has 3 aromatic rings. The molecule has 1 N–H and O–H groups in total. The Balaban J connectivity index is 1.62. The molecule has 3 atom stereocenters. The molecule has 0 radical (unpaired) electrons. The van der Waals surface area contributed by atoms with Crippen LogP contribution in [0.4, 0.5) is 4.79 Å².